The van der Waals surface area contributed by atoms with Gasteiger partial charge in [-0.1, -0.05) is 35.9 Å². The van der Waals surface area contributed by atoms with Crippen molar-refractivity contribution >= 4 is 34.4 Å². The van der Waals surface area contributed by atoms with Crippen molar-refractivity contribution in [2.45, 2.75) is 6.92 Å². The number of carbonyl (C=O) groups is 1. The summed E-state index contributed by atoms with van der Waals surface area (Å²) in [6.45, 7) is 1.85. The predicted molar refractivity (Wildman–Crippen MR) is 119 cm³/mol. The number of hydrogen-bond acceptors (Lipinski definition) is 4. The van der Waals surface area contributed by atoms with Crippen molar-refractivity contribution in [3.05, 3.63) is 93.1 Å². The van der Waals surface area contributed by atoms with Crippen LogP contribution in [-0.2, 0) is 0 Å². The maximum absolute atomic E-state index is 13.4. The lowest BCUT2D eigenvalue weighted by Crippen LogP contribution is -2.16. The number of halogens is 1. The molecule has 0 saturated heterocycles. The molecule has 3 aromatic carbocycles. The second-order valence-electron chi connectivity index (χ2n) is 6.78. The maximum Gasteiger partial charge on any atom is 0.257 e. The van der Waals surface area contributed by atoms with Crippen molar-refractivity contribution < 1.29 is 13.9 Å². The third-order valence-corrected chi connectivity index (χ3v) is 5.08. The number of ether oxygens (including phenoxy) is 1. The maximum atomic E-state index is 13.4. The molecule has 1 heterocycles. The molecule has 0 fully saturated rings. The number of fused-ring (bicyclic) bond motifs is 1. The number of methoxy groups -OCH3 is 1. The summed E-state index contributed by atoms with van der Waals surface area (Å²) in [5, 5.41) is 3.73. The Morgan fingerprint density at radius 1 is 1.00 bits per heavy atom. The number of carbonyl (C=O) groups excluding carboxylic acids is 1. The monoisotopic (exact) mass is 419 g/mol. The Morgan fingerprint density at radius 2 is 1.70 bits per heavy atom. The van der Waals surface area contributed by atoms with E-state index in [1.165, 1.54) is 0 Å². The van der Waals surface area contributed by atoms with Crippen LogP contribution in [0.15, 0.2) is 75.9 Å². The van der Waals surface area contributed by atoms with Gasteiger partial charge in [-0.3, -0.25) is 14.9 Å². The Bertz CT molecular complexity index is 1290. The average molecular weight is 420 g/mol. The molecule has 150 valence electrons. The summed E-state index contributed by atoms with van der Waals surface area (Å²) in [5.41, 5.74) is 2.29. The highest BCUT2D eigenvalue weighted by atomic mass is 35.5. The molecule has 0 aliphatic rings. The fourth-order valence-electron chi connectivity index (χ4n) is 3.24. The normalized spacial score (nSPS) is 10.8. The van der Waals surface area contributed by atoms with Crippen LogP contribution >= 0.6 is 11.6 Å². The van der Waals surface area contributed by atoms with Crippen LogP contribution in [0.2, 0.25) is 5.02 Å². The minimum absolute atomic E-state index is 0.0897. The van der Waals surface area contributed by atoms with Crippen molar-refractivity contribution in [1.29, 1.82) is 0 Å². The first-order chi connectivity index (χ1) is 14.5. The molecular weight excluding hydrogens is 402 g/mol. The van der Waals surface area contributed by atoms with Crippen LogP contribution < -0.4 is 15.5 Å². The van der Waals surface area contributed by atoms with Crippen LogP contribution in [0, 0.1) is 6.92 Å². The lowest BCUT2D eigenvalue weighted by atomic mass is 10.0. The van der Waals surface area contributed by atoms with Crippen LogP contribution in [-0.4, -0.2) is 13.0 Å². The quantitative estimate of drug-likeness (QED) is 0.462. The minimum Gasteiger partial charge on any atom is -0.497 e. The van der Waals surface area contributed by atoms with Gasteiger partial charge in [0.25, 0.3) is 5.91 Å². The molecule has 1 aromatic heterocycles. The SMILES string of the molecule is COc1ccc(-c2c(NC(=O)c3ccc(Cl)cc3)oc3c(C)cccc3c2=O)cc1. The van der Waals surface area contributed by atoms with Crippen molar-refractivity contribution in [1.82, 2.24) is 0 Å². The summed E-state index contributed by atoms with van der Waals surface area (Å²) in [6.07, 6.45) is 0. The minimum atomic E-state index is -0.405. The third kappa shape index (κ3) is 3.67. The molecule has 6 heteroatoms. The van der Waals surface area contributed by atoms with Gasteiger partial charge >= 0.3 is 0 Å². The van der Waals surface area contributed by atoms with Crippen LogP contribution in [0.5, 0.6) is 5.75 Å². The summed E-state index contributed by atoms with van der Waals surface area (Å²) in [5.74, 6) is 0.343. The number of hydrogen-bond donors (Lipinski definition) is 1. The van der Waals surface area contributed by atoms with Crippen molar-refractivity contribution in [2.24, 2.45) is 0 Å². The Labute approximate surface area is 177 Å². The van der Waals surface area contributed by atoms with Gasteiger partial charge in [-0.2, -0.15) is 0 Å². The molecule has 0 aliphatic heterocycles. The topological polar surface area (TPSA) is 68.5 Å². The summed E-state index contributed by atoms with van der Waals surface area (Å²) in [4.78, 5) is 26.2. The zero-order valence-electron chi connectivity index (χ0n) is 16.4. The van der Waals surface area contributed by atoms with E-state index in [2.05, 4.69) is 5.32 Å². The molecule has 0 bridgehead atoms. The molecule has 4 rings (SSSR count). The number of para-hydroxylation sites is 1. The Balaban J connectivity index is 1.89. The van der Waals surface area contributed by atoms with E-state index in [0.717, 1.165) is 5.56 Å². The van der Waals surface area contributed by atoms with E-state index in [0.29, 0.717) is 32.9 Å². The predicted octanol–water partition coefficient (Wildman–Crippen LogP) is 5.68. The smallest absolute Gasteiger partial charge is 0.257 e. The van der Waals surface area contributed by atoms with Crippen LogP contribution in [0.1, 0.15) is 15.9 Å². The average Bonchev–Trinajstić information content (AvgIpc) is 2.75. The fraction of sp³-hybridized carbons (Fsp3) is 0.0833. The van der Waals surface area contributed by atoms with Gasteiger partial charge in [-0.05, 0) is 60.5 Å². The number of nitrogens with one attached hydrogen (secondary N) is 1. The van der Waals surface area contributed by atoms with Crippen LogP contribution in [0.3, 0.4) is 0 Å². The van der Waals surface area contributed by atoms with E-state index in [-0.39, 0.29) is 16.9 Å². The molecule has 4 aromatic rings. The molecule has 0 saturated carbocycles. The van der Waals surface area contributed by atoms with E-state index in [1.807, 2.05) is 13.0 Å². The molecule has 30 heavy (non-hydrogen) atoms. The first-order valence-corrected chi connectivity index (χ1v) is 9.63. The van der Waals surface area contributed by atoms with Gasteiger partial charge in [-0.25, -0.2) is 0 Å². The van der Waals surface area contributed by atoms with Crippen molar-refractivity contribution in [3.8, 4) is 16.9 Å². The molecular formula is C24H18ClNO4. The number of amides is 1. The number of anilines is 1. The van der Waals surface area contributed by atoms with Crippen LogP contribution in [0.25, 0.3) is 22.1 Å². The van der Waals surface area contributed by atoms with E-state index < -0.39 is 5.91 Å². The van der Waals surface area contributed by atoms with E-state index in [4.69, 9.17) is 20.8 Å². The molecule has 1 N–H and O–H groups in total. The van der Waals surface area contributed by atoms with Gasteiger partial charge in [0.05, 0.1) is 18.1 Å². The van der Waals surface area contributed by atoms with E-state index in [9.17, 15) is 9.59 Å². The second-order valence-corrected chi connectivity index (χ2v) is 7.21. The van der Waals surface area contributed by atoms with Gasteiger partial charge < -0.3 is 9.15 Å². The summed E-state index contributed by atoms with van der Waals surface area (Å²) >= 11 is 5.91. The number of rotatable bonds is 4. The molecule has 0 spiro atoms. The van der Waals surface area contributed by atoms with Crippen molar-refractivity contribution in [2.75, 3.05) is 12.4 Å². The Morgan fingerprint density at radius 3 is 2.37 bits per heavy atom. The largest absolute Gasteiger partial charge is 0.497 e. The number of aryl methyl sites for hydroxylation is 1. The zero-order valence-corrected chi connectivity index (χ0v) is 17.1. The van der Waals surface area contributed by atoms with Gasteiger partial charge in [0.1, 0.15) is 11.3 Å². The molecule has 0 radical (unpaired) electrons. The van der Waals surface area contributed by atoms with Crippen LogP contribution in [0.4, 0.5) is 5.88 Å². The summed E-state index contributed by atoms with van der Waals surface area (Å²) in [7, 11) is 1.57. The highest BCUT2D eigenvalue weighted by Gasteiger charge is 2.20. The second kappa shape index (κ2) is 8.05. The van der Waals surface area contributed by atoms with E-state index >= 15 is 0 Å². The highest BCUT2D eigenvalue weighted by molar-refractivity contribution is 6.30. The van der Waals surface area contributed by atoms with Gasteiger partial charge in [0.15, 0.2) is 0 Å². The molecule has 0 aliphatic carbocycles. The van der Waals surface area contributed by atoms with Crippen molar-refractivity contribution in [3.63, 3.8) is 0 Å². The first-order valence-electron chi connectivity index (χ1n) is 9.25. The molecule has 5 nitrogen and oxygen atoms in total. The third-order valence-electron chi connectivity index (χ3n) is 4.83. The highest BCUT2D eigenvalue weighted by Crippen LogP contribution is 2.31. The standard InChI is InChI=1S/C24H18ClNO4/c1-14-4-3-5-19-21(27)20(15-8-12-18(29-2)13-9-15)24(30-22(14)19)26-23(28)16-6-10-17(25)11-7-16/h3-13H,1-2H3,(H,26,28). The van der Waals surface area contributed by atoms with Gasteiger partial charge in [0.2, 0.25) is 11.3 Å². The lowest BCUT2D eigenvalue weighted by Gasteiger charge is -2.13. The first kappa shape index (κ1) is 19.7. The Kier molecular flexibility index (Phi) is 5.29. The van der Waals surface area contributed by atoms with Gasteiger partial charge in [0, 0.05) is 10.6 Å². The molecule has 1 amide bonds. The number of benzene rings is 3. The fourth-order valence-corrected chi connectivity index (χ4v) is 3.37. The lowest BCUT2D eigenvalue weighted by molar-refractivity contribution is 0.102. The Hall–Kier alpha value is -3.57. The summed E-state index contributed by atoms with van der Waals surface area (Å²) in [6, 6.07) is 18.8. The van der Waals surface area contributed by atoms with Gasteiger partial charge in [-0.15, -0.1) is 0 Å². The van der Waals surface area contributed by atoms with E-state index in [1.54, 1.807) is 67.8 Å². The summed E-state index contributed by atoms with van der Waals surface area (Å²) < 4.78 is 11.2. The zero-order chi connectivity index (χ0) is 21.3. The molecule has 0 atom stereocenters. The molecule has 0 unspecified atom stereocenters.